The highest BCUT2D eigenvalue weighted by Gasteiger charge is 2.31. The van der Waals surface area contributed by atoms with Crippen LogP contribution in [-0.2, 0) is 0 Å². The second kappa shape index (κ2) is 4.92. The summed E-state index contributed by atoms with van der Waals surface area (Å²) in [5.41, 5.74) is 0.391. The first-order valence-electron chi connectivity index (χ1n) is 5.43. The van der Waals surface area contributed by atoms with Gasteiger partial charge in [0.1, 0.15) is 0 Å². The molecule has 0 aliphatic carbocycles. The summed E-state index contributed by atoms with van der Waals surface area (Å²) in [5, 5.41) is 0. The first kappa shape index (κ1) is 11.7. The van der Waals surface area contributed by atoms with E-state index in [4.69, 9.17) is 0 Å². The van der Waals surface area contributed by atoms with Gasteiger partial charge in [0.15, 0.2) is 5.78 Å². The molecule has 1 aromatic rings. The minimum absolute atomic E-state index is 0.183. The predicted octanol–water partition coefficient (Wildman–Crippen LogP) is 3.86. The van der Waals surface area contributed by atoms with Crippen molar-refractivity contribution in [1.29, 1.82) is 0 Å². The lowest BCUT2D eigenvalue weighted by Gasteiger charge is -2.26. The van der Waals surface area contributed by atoms with Gasteiger partial charge in [-0.3, -0.25) is 4.79 Å². The molecule has 0 bridgehead atoms. The van der Waals surface area contributed by atoms with Gasteiger partial charge >= 0.3 is 0 Å². The van der Waals surface area contributed by atoms with Crippen LogP contribution in [0.15, 0.2) is 43.0 Å². The van der Waals surface area contributed by atoms with Crippen molar-refractivity contribution in [3.8, 4) is 0 Å². The Balaban J connectivity index is 3.07. The van der Waals surface area contributed by atoms with Crippen LogP contribution >= 0.6 is 0 Å². The van der Waals surface area contributed by atoms with Crippen molar-refractivity contribution in [1.82, 2.24) is 0 Å². The van der Waals surface area contributed by atoms with Gasteiger partial charge in [0.2, 0.25) is 0 Å². The van der Waals surface area contributed by atoms with E-state index in [0.717, 1.165) is 18.4 Å². The average molecular weight is 202 g/mol. The highest BCUT2D eigenvalue weighted by molar-refractivity contribution is 6.01. The Hall–Kier alpha value is -1.37. The van der Waals surface area contributed by atoms with E-state index in [1.54, 1.807) is 6.08 Å². The van der Waals surface area contributed by atoms with Gasteiger partial charge in [-0.2, -0.15) is 0 Å². The number of rotatable bonds is 5. The van der Waals surface area contributed by atoms with Crippen molar-refractivity contribution in [3.63, 3.8) is 0 Å². The molecule has 0 saturated heterocycles. The van der Waals surface area contributed by atoms with E-state index in [9.17, 15) is 4.79 Å². The molecule has 0 saturated carbocycles. The van der Waals surface area contributed by atoms with Crippen molar-refractivity contribution in [2.75, 3.05) is 0 Å². The molecule has 0 radical (unpaired) electrons. The second-order valence-corrected chi connectivity index (χ2v) is 3.76. The molecule has 1 nitrogen and oxygen atoms in total. The second-order valence-electron chi connectivity index (χ2n) is 3.76. The van der Waals surface area contributed by atoms with E-state index in [2.05, 4.69) is 6.58 Å². The Kier molecular flexibility index (Phi) is 3.84. The zero-order valence-corrected chi connectivity index (χ0v) is 9.49. The lowest BCUT2D eigenvalue weighted by atomic mass is 9.76. The lowest BCUT2D eigenvalue weighted by Crippen LogP contribution is -2.27. The molecule has 0 unspecified atom stereocenters. The number of ketones is 1. The van der Waals surface area contributed by atoms with Crippen LogP contribution < -0.4 is 0 Å². The number of Topliss-reactive ketones (excluding diaryl/α,β-unsaturated/α-hetero) is 1. The van der Waals surface area contributed by atoms with Crippen LogP contribution in [0.25, 0.3) is 0 Å². The SMILES string of the molecule is C=CC(CC)(CC)C(=O)c1ccccc1. The lowest BCUT2D eigenvalue weighted by molar-refractivity contribution is 0.0841. The molecular formula is C14H18O. The smallest absolute Gasteiger partial charge is 0.172 e. The summed E-state index contributed by atoms with van der Waals surface area (Å²) in [5.74, 6) is 0.183. The zero-order valence-electron chi connectivity index (χ0n) is 9.49. The van der Waals surface area contributed by atoms with Crippen LogP contribution in [0.1, 0.15) is 37.0 Å². The molecule has 1 aromatic carbocycles. The molecule has 0 spiro atoms. The Bertz CT molecular complexity index is 334. The molecule has 0 aromatic heterocycles. The molecule has 0 aliphatic heterocycles. The molecule has 0 N–H and O–H groups in total. The summed E-state index contributed by atoms with van der Waals surface area (Å²) in [6, 6.07) is 9.45. The Labute approximate surface area is 91.8 Å². The fraction of sp³-hybridized carbons (Fsp3) is 0.357. The monoisotopic (exact) mass is 202 g/mol. The molecule has 80 valence electrons. The van der Waals surface area contributed by atoms with E-state index in [0.29, 0.717) is 0 Å². The third kappa shape index (κ3) is 2.17. The van der Waals surface area contributed by atoms with Gasteiger partial charge in [-0.25, -0.2) is 0 Å². The standard InChI is InChI=1S/C14H18O/c1-4-14(5-2,6-3)13(15)12-10-8-7-9-11-12/h4,7-11H,1,5-6H2,2-3H3. The van der Waals surface area contributed by atoms with Gasteiger partial charge in [0.25, 0.3) is 0 Å². The van der Waals surface area contributed by atoms with Crippen LogP contribution in [0.4, 0.5) is 0 Å². The average Bonchev–Trinajstić information content (AvgIpc) is 2.33. The molecule has 0 aliphatic rings. The van der Waals surface area contributed by atoms with E-state index in [-0.39, 0.29) is 11.2 Å². The number of allylic oxidation sites excluding steroid dienone is 1. The van der Waals surface area contributed by atoms with Crippen LogP contribution in [0, 0.1) is 5.41 Å². The summed E-state index contributed by atoms with van der Waals surface area (Å²) in [6.07, 6.45) is 3.41. The molecule has 0 atom stereocenters. The molecular weight excluding hydrogens is 184 g/mol. The third-order valence-corrected chi connectivity index (χ3v) is 3.14. The topological polar surface area (TPSA) is 17.1 Å². The normalized spacial score (nSPS) is 11.1. The summed E-state index contributed by atoms with van der Waals surface area (Å²) < 4.78 is 0. The maximum Gasteiger partial charge on any atom is 0.172 e. The first-order chi connectivity index (χ1) is 7.20. The Morgan fingerprint density at radius 3 is 2.20 bits per heavy atom. The Morgan fingerprint density at radius 1 is 1.27 bits per heavy atom. The van der Waals surface area contributed by atoms with E-state index in [1.807, 2.05) is 44.2 Å². The molecule has 1 rings (SSSR count). The summed E-state index contributed by atoms with van der Waals surface area (Å²) in [6.45, 7) is 7.87. The molecule has 0 amide bonds. The van der Waals surface area contributed by atoms with Gasteiger partial charge < -0.3 is 0 Å². The minimum Gasteiger partial charge on any atom is -0.293 e. The Morgan fingerprint density at radius 2 is 1.80 bits per heavy atom. The highest BCUT2D eigenvalue weighted by atomic mass is 16.1. The van der Waals surface area contributed by atoms with Crippen molar-refractivity contribution in [2.45, 2.75) is 26.7 Å². The number of carbonyl (C=O) groups is 1. The number of carbonyl (C=O) groups excluding carboxylic acids is 1. The fourth-order valence-corrected chi connectivity index (χ4v) is 1.83. The molecule has 15 heavy (non-hydrogen) atoms. The fourth-order valence-electron chi connectivity index (χ4n) is 1.83. The van der Waals surface area contributed by atoms with Crippen LogP contribution in [0.5, 0.6) is 0 Å². The maximum atomic E-state index is 12.3. The van der Waals surface area contributed by atoms with Crippen molar-refractivity contribution in [3.05, 3.63) is 48.6 Å². The summed E-state index contributed by atoms with van der Waals surface area (Å²) in [7, 11) is 0. The van der Waals surface area contributed by atoms with Crippen LogP contribution in [0.2, 0.25) is 0 Å². The predicted molar refractivity (Wildman–Crippen MR) is 64.0 cm³/mol. The molecule has 0 fully saturated rings. The summed E-state index contributed by atoms with van der Waals surface area (Å²) >= 11 is 0. The molecule has 0 heterocycles. The van der Waals surface area contributed by atoms with Gasteiger partial charge in [0, 0.05) is 5.56 Å². The quantitative estimate of drug-likeness (QED) is 0.523. The minimum atomic E-state index is -0.388. The van der Waals surface area contributed by atoms with Gasteiger partial charge in [-0.1, -0.05) is 50.3 Å². The first-order valence-corrected chi connectivity index (χ1v) is 5.43. The number of benzene rings is 1. The maximum absolute atomic E-state index is 12.3. The van der Waals surface area contributed by atoms with E-state index >= 15 is 0 Å². The van der Waals surface area contributed by atoms with E-state index in [1.165, 1.54) is 0 Å². The zero-order chi connectivity index (χ0) is 11.3. The highest BCUT2D eigenvalue weighted by Crippen LogP contribution is 2.31. The van der Waals surface area contributed by atoms with Crippen LogP contribution in [0.3, 0.4) is 0 Å². The number of hydrogen-bond donors (Lipinski definition) is 0. The third-order valence-electron chi connectivity index (χ3n) is 3.14. The largest absolute Gasteiger partial charge is 0.293 e. The van der Waals surface area contributed by atoms with Crippen molar-refractivity contribution < 1.29 is 4.79 Å². The van der Waals surface area contributed by atoms with Crippen LogP contribution in [-0.4, -0.2) is 5.78 Å². The summed E-state index contributed by atoms with van der Waals surface area (Å²) in [4.78, 5) is 12.3. The van der Waals surface area contributed by atoms with Crippen molar-refractivity contribution in [2.24, 2.45) is 5.41 Å². The molecule has 1 heteroatoms. The van der Waals surface area contributed by atoms with Crippen molar-refractivity contribution >= 4 is 5.78 Å². The van der Waals surface area contributed by atoms with Gasteiger partial charge in [0.05, 0.1) is 5.41 Å². The van der Waals surface area contributed by atoms with Gasteiger partial charge in [-0.05, 0) is 12.8 Å². The number of hydrogen-bond acceptors (Lipinski definition) is 1. The van der Waals surface area contributed by atoms with Gasteiger partial charge in [-0.15, -0.1) is 6.58 Å². The van der Waals surface area contributed by atoms with E-state index < -0.39 is 0 Å².